The van der Waals surface area contributed by atoms with E-state index in [1.54, 1.807) is 45.4 Å². The van der Waals surface area contributed by atoms with Gasteiger partial charge >= 0.3 is 6.03 Å². The van der Waals surface area contributed by atoms with Crippen molar-refractivity contribution >= 4 is 35.0 Å². The van der Waals surface area contributed by atoms with E-state index in [0.29, 0.717) is 45.2 Å². The number of likely N-dealkylation sites (N-methyl/N-ethyl adjacent to an activating group) is 1. The predicted octanol–water partition coefficient (Wildman–Crippen LogP) is 5.63. The Morgan fingerprint density at radius 1 is 1.14 bits per heavy atom. The highest BCUT2D eigenvalue weighted by molar-refractivity contribution is 6.33. The molecule has 0 aromatic heterocycles. The van der Waals surface area contributed by atoms with Crippen LogP contribution in [0.15, 0.2) is 41.2 Å². The van der Waals surface area contributed by atoms with Crippen molar-refractivity contribution in [3.63, 3.8) is 0 Å². The van der Waals surface area contributed by atoms with Gasteiger partial charge in [-0.1, -0.05) is 45.4 Å². The average molecular weight is 504 g/mol. The summed E-state index contributed by atoms with van der Waals surface area (Å²) in [6, 6.07) is 2.94. The molecule has 0 aliphatic carbocycles. The third-order valence-corrected chi connectivity index (χ3v) is 5.66. The van der Waals surface area contributed by atoms with Gasteiger partial charge in [0.05, 0.1) is 5.02 Å². The number of carbonyl (C=O) groups is 3. The van der Waals surface area contributed by atoms with E-state index in [1.807, 2.05) is 41.5 Å². The minimum absolute atomic E-state index is 0.0118. The molecule has 0 unspecified atom stereocenters. The zero-order valence-electron chi connectivity index (χ0n) is 22.3. The number of benzene rings is 1. The molecular weight excluding hydrogens is 466 g/mol. The number of ether oxygens (including phenoxy) is 1. The SMILES string of the molecule is CC/C=C(/C(=O)NC(=O)N(C)C)c1cc(C)c(OC(/C=C(\C(=O)NC)C(C)C)=C(/C)CC)c(Cl)c1. The van der Waals surface area contributed by atoms with Crippen LogP contribution in [0.3, 0.4) is 0 Å². The summed E-state index contributed by atoms with van der Waals surface area (Å²) < 4.78 is 6.27. The number of rotatable bonds is 9. The molecular formula is C27H38ClN3O4. The molecule has 0 bridgehead atoms. The number of hydrogen-bond acceptors (Lipinski definition) is 4. The van der Waals surface area contributed by atoms with Gasteiger partial charge in [0.15, 0.2) is 0 Å². The molecule has 0 spiro atoms. The number of imide groups is 1. The highest BCUT2D eigenvalue weighted by Gasteiger charge is 2.20. The number of halogens is 1. The Morgan fingerprint density at radius 3 is 2.23 bits per heavy atom. The smallest absolute Gasteiger partial charge is 0.323 e. The van der Waals surface area contributed by atoms with E-state index in [2.05, 4.69) is 10.6 Å². The van der Waals surface area contributed by atoms with Gasteiger partial charge in [0.2, 0.25) is 5.91 Å². The Balaban J connectivity index is 3.50. The van der Waals surface area contributed by atoms with Crippen LogP contribution in [0.1, 0.15) is 58.6 Å². The molecule has 0 saturated carbocycles. The first kappa shape index (κ1) is 30.0. The topological polar surface area (TPSA) is 87.7 Å². The van der Waals surface area contributed by atoms with Crippen molar-refractivity contribution in [2.24, 2.45) is 5.92 Å². The van der Waals surface area contributed by atoms with Crippen LogP contribution in [0.2, 0.25) is 5.02 Å². The van der Waals surface area contributed by atoms with Gasteiger partial charge in [0, 0.05) is 32.3 Å². The van der Waals surface area contributed by atoms with Crippen molar-refractivity contribution in [3.8, 4) is 5.75 Å². The fourth-order valence-corrected chi connectivity index (χ4v) is 3.45. The lowest BCUT2D eigenvalue weighted by Crippen LogP contribution is -2.39. The van der Waals surface area contributed by atoms with Crippen molar-refractivity contribution < 1.29 is 19.1 Å². The number of allylic oxidation sites excluding steroid dienone is 3. The number of amides is 4. The number of carbonyl (C=O) groups excluding carboxylic acids is 3. The summed E-state index contributed by atoms with van der Waals surface area (Å²) in [6.45, 7) is 11.6. The van der Waals surface area contributed by atoms with Crippen LogP contribution in [0.5, 0.6) is 5.75 Å². The van der Waals surface area contributed by atoms with Gasteiger partial charge in [0.25, 0.3) is 5.91 Å². The molecule has 35 heavy (non-hydrogen) atoms. The quantitative estimate of drug-likeness (QED) is 0.259. The normalized spacial score (nSPS) is 12.8. The second-order valence-corrected chi connectivity index (χ2v) is 9.12. The van der Waals surface area contributed by atoms with Crippen LogP contribution in [0.4, 0.5) is 4.79 Å². The summed E-state index contributed by atoms with van der Waals surface area (Å²) in [7, 11) is 4.72. The van der Waals surface area contributed by atoms with Gasteiger partial charge < -0.3 is 15.0 Å². The highest BCUT2D eigenvalue weighted by atomic mass is 35.5. The van der Waals surface area contributed by atoms with Gasteiger partial charge in [-0.3, -0.25) is 14.9 Å². The number of nitrogens with zero attached hydrogens (tertiary/aromatic N) is 1. The van der Waals surface area contributed by atoms with E-state index >= 15 is 0 Å². The van der Waals surface area contributed by atoms with Crippen LogP contribution in [-0.4, -0.2) is 43.9 Å². The van der Waals surface area contributed by atoms with E-state index in [9.17, 15) is 14.4 Å². The Hall–Kier alpha value is -3.06. The van der Waals surface area contributed by atoms with E-state index < -0.39 is 11.9 Å². The minimum Gasteiger partial charge on any atom is -0.456 e. The molecule has 1 aromatic carbocycles. The summed E-state index contributed by atoms with van der Waals surface area (Å²) in [5.41, 5.74) is 3.19. The van der Waals surface area contributed by atoms with Gasteiger partial charge in [0.1, 0.15) is 11.5 Å². The molecule has 7 nitrogen and oxygen atoms in total. The van der Waals surface area contributed by atoms with Crippen molar-refractivity contribution in [1.82, 2.24) is 15.5 Å². The monoisotopic (exact) mass is 503 g/mol. The Bertz CT molecular complexity index is 1030. The summed E-state index contributed by atoms with van der Waals surface area (Å²) >= 11 is 6.64. The third-order valence-electron chi connectivity index (χ3n) is 5.38. The second kappa shape index (κ2) is 13.7. The number of aryl methyl sites for hydroxylation is 1. The van der Waals surface area contributed by atoms with E-state index in [4.69, 9.17) is 16.3 Å². The third kappa shape index (κ3) is 8.28. The molecule has 1 rings (SSSR count). The van der Waals surface area contributed by atoms with Gasteiger partial charge in [-0.05, 0) is 67.5 Å². The minimum atomic E-state index is -0.507. The number of urea groups is 1. The first-order valence-corrected chi connectivity index (χ1v) is 12.1. The van der Waals surface area contributed by atoms with Crippen LogP contribution in [0, 0.1) is 12.8 Å². The predicted molar refractivity (Wildman–Crippen MR) is 142 cm³/mol. The molecule has 4 amide bonds. The fraction of sp³-hybridized carbons (Fsp3) is 0.444. The standard InChI is InChI=1S/C27H38ClN3O4/c1-10-12-20(26(33)30-27(34)31(8)9)19-13-18(6)24(22(28)14-19)35-23(17(5)11-2)15-21(16(3)4)25(32)29-7/h12-16H,10-11H2,1-9H3,(H,29,32)(H,30,33,34)/b20-12+,21-15-,23-17-. The molecule has 2 N–H and O–H groups in total. The lowest BCUT2D eigenvalue weighted by Gasteiger charge is -2.18. The van der Waals surface area contributed by atoms with Crippen molar-refractivity contribution in [1.29, 1.82) is 0 Å². The average Bonchev–Trinajstić information content (AvgIpc) is 2.79. The Kier molecular flexibility index (Phi) is 11.8. The summed E-state index contributed by atoms with van der Waals surface area (Å²) in [5.74, 6) is 0.302. The molecule has 0 aliphatic heterocycles. The molecule has 0 atom stereocenters. The molecule has 0 radical (unpaired) electrons. The fourth-order valence-electron chi connectivity index (χ4n) is 3.14. The maximum absolute atomic E-state index is 12.8. The number of nitrogens with one attached hydrogen (secondary N) is 2. The van der Waals surface area contributed by atoms with Crippen LogP contribution in [-0.2, 0) is 9.59 Å². The lowest BCUT2D eigenvalue weighted by atomic mass is 10.00. The second-order valence-electron chi connectivity index (χ2n) is 8.72. The summed E-state index contributed by atoms with van der Waals surface area (Å²) in [5, 5.41) is 5.36. The lowest BCUT2D eigenvalue weighted by molar-refractivity contribution is -0.117. The molecule has 0 fully saturated rings. The maximum atomic E-state index is 12.8. The molecule has 1 aromatic rings. The summed E-state index contributed by atoms with van der Waals surface area (Å²) in [6.07, 6.45) is 4.83. The molecule has 8 heteroatoms. The Morgan fingerprint density at radius 2 is 1.77 bits per heavy atom. The van der Waals surface area contributed by atoms with Crippen molar-refractivity contribution in [2.75, 3.05) is 21.1 Å². The first-order chi connectivity index (χ1) is 16.4. The van der Waals surface area contributed by atoms with E-state index in [1.165, 1.54) is 4.90 Å². The zero-order valence-corrected chi connectivity index (χ0v) is 23.0. The van der Waals surface area contributed by atoms with Crippen LogP contribution < -0.4 is 15.4 Å². The summed E-state index contributed by atoms with van der Waals surface area (Å²) in [4.78, 5) is 38.5. The number of hydrogen-bond donors (Lipinski definition) is 2. The van der Waals surface area contributed by atoms with Gasteiger partial charge in [-0.15, -0.1) is 0 Å². The Labute approximate surface area is 214 Å². The van der Waals surface area contributed by atoms with E-state index in [0.717, 1.165) is 12.0 Å². The molecule has 0 saturated heterocycles. The largest absolute Gasteiger partial charge is 0.456 e. The molecule has 0 aliphatic rings. The van der Waals surface area contributed by atoms with Gasteiger partial charge in [-0.2, -0.15) is 0 Å². The van der Waals surface area contributed by atoms with Gasteiger partial charge in [-0.25, -0.2) is 4.79 Å². The van der Waals surface area contributed by atoms with E-state index in [-0.39, 0.29) is 11.8 Å². The zero-order chi connectivity index (χ0) is 26.9. The van der Waals surface area contributed by atoms with Crippen molar-refractivity contribution in [2.45, 2.75) is 54.4 Å². The molecule has 0 heterocycles. The first-order valence-electron chi connectivity index (χ1n) is 11.7. The van der Waals surface area contributed by atoms with Crippen LogP contribution in [0.25, 0.3) is 5.57 Å². The maximum Gasteiger partial charge on any atom is 0.323 e. The van der Waals surface area contributed by atoms with Crippen molar-refractivity contribution in [3.05, 3.63) is 57.3 Å². The highest BCUT2D eigenvalue weighted by Crippen LogP contribution is 2.35. The van der Waals surface area contributed by atoms with Crippen LogP contribution >= 0.6 is 11.6 Å². The molecule has 192 valence electrons.